The van der Waals surface area contributed by atoms with Gasteiger partial charge in [-0.3, -0.25) is 0 Å². The Kier molecular flexibility index (Phi) is 4.44. The topological polar surface area (TPSA) is 50.2 Å². The summed E-state index contributed by atoms with van der Waals surface area (Å²) in [5.41, 5.74) is 0.836. The van der Waals surface area contributed by atoms with Crippen LogP contribution >= 0.6 is 11.3 Å². The van der Waals surface area contributed by atoms with Crippen molar-refractivity contribution >= 4 is 17.3 Å². The predicted octanol–water partition coefficient (Wildman–Crippen LogP) is 3.66. The lowest BCUT2D eigenvalue weighted by Crippen LogP contribution is -1.98. The molecule has 0 fully saturated rings. The van der Waals surface area contributed by atoms with Crippen LogP contribution in [0.4, 0.5) is 8.78 Å². The van der Waals surface area contributed by atoms with E-state index < -0.39 is 17.6 Å². The summed E-state index contributed by atoms with van der Waals surface area (Å²) in [5.74, 6) is -2.30. The normalized spacial score (nSPS) is 10.8. The Hall–Kier alpha value is -1.82. The molecular weight excluding hydrogens is 284 g/mol. The summed E-state index contributed by atoms with van der Waals surface area (Å²) in [6.07, 6.45) is 1.53. The van der Waals surface area contributed by atoms with Gasteiger partial charge in [-0.15, -0.1) is 11.3 Å². The molecule has 0 atom stereocenters. The van der Waals surface area contributed by atoms with Gasteiger partial charge in [-0.2, -0.15) is 0 Å². The number of carboxylic acid groups (broad SMARTS) is 1. The average Bonchev–Trinajstić information content (AvgIpc) is 2.76. The van der Waals surface area contributed by atoms with Gasteiger partial charge in [0.2, 0.25) is 0 Å². The van der Waals surface area contributed by atoms with Crippen molar-refractivity contribution in [2.24, 2.45) is 0 Å². The highest BCUT2D eigenvalue weighted by molar-refractivity contribution is 7.13. The smallest absolute Gasteiger partial charge is 0.347 e. The summed E-state index contributed by atoms with van der Waals surface area (Å²) in [6.45, 7) is 1.93. The fourth-order valence-electron chi connectivity index (χ4n) is 1.88. The Balaban J connectivity index is 2.29. The quantitative estimate of drug-likeness (QED) is 0.916. The molecule has 0 saturated heterocycles. The lowest BCUT2D eigenvalue weighted by molar-refractivity contribution is 0.0700. The number of aromatic carboxylic acids is 1. The molecule has 0 bridgehead atoms. The van der Waals surface area contributed by atoms with Gasteiger partial charge in [0.05, 0.1) is 10.7 Å². The maximum absolute atomic E-state index is 13.6. The first-order chi connectivity index (χ1) is 9.51. The average molecular weight is 297 g/mol. The number of hydrogen-bond acceptors (Lipinski definition) is 3. The van der Waals surface area contributed by atoms with Crippen molar-refractivity contribution in [3.05, 3.63) is 51.0 Å². The summed E-state index contributed by atoms with van der Waals surface area (Å²) in [4.78, 5) is 15.6. The maximum Gasteiger partial charge on any atom is 0.347 e. The Morgan fingerprint density at radius 1 is 1.40 bits per heavy atom. The fourth-order valence-corrected chi connectivity index (χ4v) is 2.85. The van der Waals surface area contributed by atoms with Crippen LogP contribution in [0.3, 0.4) is 0 Å². The second kappa shape index (κ2) is 6.09. The van der Waals surface area contributed by atoms with Crippen molar-refractivity contribution in [2.45, 2.75) is 26.2 Å². The minimum Gasteiger partial charge on any atom is -0.477 e. The minimum atomic E-state index is -1.02. The van der Waals surface area contributed by atoms with Gasteiger partial charge in [0.15, 0.2) is 0 Å². The standard InChI is InChI=1S/C14H13F2NO2S/c1-2-3-11-13(14(18)19)20-12(17-11)6-8-4-5-9(15)7-10(8)16/h4-5,7H,2-3,6H2,1H3,(H,18,19). The lowest BCUT2D eigenvalue weighted by atomic mass is 10.1. The SMILES string of the molecule is CCCc1nc(Cc2ccc(F)cc2F)sc1C(=O)O. The monoisotopic (exact) mass is 297 g/mol. The fraction of sp³-hybridized carbons (Fsp3) is 0.286. The molecule has 0 radical (unpaired) electrons. The van der Waals surface area contributed by atoms with Gasteiger partial charge in [-0.05, 0) is 18.1 Å². The van der Waals surface area contributed by atoms with E-state index in [-0.39, 0.29) is 11.3 Å². The van der Waals surface area contributed by atoms with Crippen molar-refractivity contribution < 1.29 is 18.7 Å². The van der Waals surface area contributed by atoms with Crippen LogP contribution < -0.4 is 0 Å². The number of nitrogens with zero attached hydrogens (tertiary/aromatic N) is 1. The number of carboxylic acids is 1. The molecule has 2 aromatic rings. The Morgan fingerprint density at radius 3 is 2.75 bits per heavy atom. The van der Waals surface area contributed by atoms with E-state index in [0.29, 0.717) is 22.7 Å². The molecule has 3 nitrogen and oxygen atoms in total. The van der Waals surface area contributed by atoms with Crippen LogP contribution in [-0.4, -0.2) is 16.1 Å². The van der Waals surface area contributed by atoms with Crippen LogP contribution in [0, 0.1) is 11.6 Å². The molecule has 106 valence electrons. The van der Waals surface area contributed by atoms with Gasteiger partial charge in [0.25, 0.3) is 0 Å². The van der Waals surface area contributed by atoms with E-state index in [0.717, 1.165) is 23.8 Å². The third-order valence-corrected chi connectivity index (χ3v) is 3.87. The predicted molar refractivity (Wildman–Crippen MR) is 72.2 cm³/mol. The number of benzene rings is 1. The van der Waals surface area contributed by atoms with Crippen molar-refractivity contribution in [1.82, 2.24) is 4.98 Å². The molecule has 1 aromatic carbocycles. The zero-order valence-electron chi connectivity index (χ0n) is 10.8. The van der Waals surface area contributed by atoms with Gasteiger partial charge in [0.1, 0.15) is 16.5 Å². The molecule has 0 spiro atoms. The van der Waals surface area contributed by atoms with Gasteiger partial charge < -0.3 is 5.11 Å². The zero-order chi connectivity index (χ0) is 14.7. The summed E-state index contributed by atoms with van der Waals surface area (Å²) in [7, 11) is 0. The molecule has 0 aliphatic rings. The highest BCUT2D eigenvalue weighted by Gasteiger charge is 2.17. The Morgan fingerprint density at radius 2 is 2.15 bits per heavy atom. The molecule has 2 rings (SSSR count). The van der Waals surface area contributed by atoms with Gasteiger partial charge >= 0.3 is 5.97 Å². The number of halogens is 2. The van der Waals surface area contributed by atoms with E-state index in [4.69, 9.17) is 5.11 Å². The van der Waals surface area contributed by atoms with Crippen molar-refractivity contribution in [3.8, 4) is 0 Å². The van der Waals surface area contributed by atoms with Crippen LogP contribution in [0.2, 0.25) is 0 Å². The van der Waals surface area contributed by atoms with Crippen LogP contribution in [0.5, 0.6) is 0 Å². The Bertz CT molecular complexity index is 640. The van der Waals surface area contributed by atoms with Crippen molar-refractivity contribution in [1.29, 1.82) is 0 Å². The zero-order valence-corrected chi connectivity index (χ0v) is 11.6. The van der Waals surface area contributed by atoms with Gasteiger partial charge in [-0.1, -0.05) is 19.4 Å². The summed E-state index contributed by atoms with van der Waals surface area (Å²) < 4.78 is 26.4. The van der Waals surface area contributed by atoms with E-state index in [2.05, 4.69) is 4.98 Å². The Labute approximate surface area is 118 Å². The summed E-state index contributed by atoms with van der Waals surface area (Å²) in [6, 6.07) is 3.34. The summed E-state index contributed by atoms with van der Waals surface area (Å²) in [5, 5.41) is 9.63. The van der Waals surface area contributed by atoms with Crippen molar-refractivity contribution in [3.63, 3.8) is 0 Å². The first-order valence-corrected chi connectivity index (χ1v) is 6.98. The number of rotatable bonds is 5. The second-order valence-electron chi connectivity index (χ2n) is 4.35. The van der Waals surface area contributed by atoms with Gasteiger partial charge in [-0.25, -0.2) is 18.6 Å². The molecule has 1 heterocycles. The number of aryl methyl sites for hydroxylation is 1. The van der Waals surface area contributed by atoms with E-state index in [1.807, 2.05) is 6.92 Å². The molecule has 1 N–H and O–H groups in total. The minimum absolute atomic E-state index is 0.167. The molecule has 0 saturated carbocycles. The third kappa shape index (κ3) is 3.19. The summed E-state index contributed by atoms with van der Waals surface area (Å²) >= 11 is 1.04. The highest BCUT2D eigenvalue weighted by atomic mass is 32.1. The number of carbonyl (C=O) groups is 1. The highest BCUT2D eigenvalue weighted by Crippen LogP contribution is 2.23. The van der Waals surface area contributed by atoms with E-state index >= 15 is 0 Å². The molecule has 1 aromatic heterocycles. The van der Waals surface area contributed by atoms with Crippen LogP contribution in [0.1, 0.15) is 39.3 Å². The molecule has 0 aliphatic heterocycles. The molecule has 6 heteroatoms. The van der Waals surface area contributed by atoms with Crippen molar-refractivity contribution in [2.75, 3.05) is 0 Å². The number of aromatic nitrogens is 1. The number of thiazole rings is 1. The van der Waals surface area contributed by atoms with Crippen LogP contribution in [0.25, 0.3) is 0 Å². The largest absolute Gasteiger partial charge is 0.477 e. The van der Waals surface area contributed by atoms with E-state index in [1.165, 1.54) is 12.1 Å². The molecular formula is C14H13F2NO2S. The lowest BCUT2D eigenvalue weighted by Gasteiger charge is -2.00. The van der Waals surface area contributed by atoms with E-state index in [9.17, 15) is 13.6 Å². The maximum atomic E-state index is 13.6. The molecule has 0 unspecified atom stereocenters. The van der Waals surface area contributed by atoms with Crippen LogP contribution in [-0.2, 0) is 12.8 Å². The number of hydrogen-bond donors (Lipinski definition) is 1. The van der Waals surface area contributed by atoms with Crippen LogP contribution in [0.15, 0.2) is 18.2 Å². The van der Waals surface area contributed by atoms with E-state index in [1.54, 1.807) is 0 Å². The molecule has 0 amide bonds. The first-order valence-electron chi connectivity index (χ1n) is 6.17. The second-order valence-corrected chi connectivity index (χ2v) is 5.43. The first kappa shape index (κ1) is 14.6. The molecule has 20 heavy (non-hydrogen) atoms. The van der Waals surface area contributed by atoms with Gasteiger partial charge in [0, 0.05) is 12.5 Å². The molecule has 0 aliphatic carbocycles. The third-order valence-electron chi connectivity index (χ3n) is 2.78.